The van der Waals surface area contributed by atoms with Crippen LogP contribution in [0.25, 0.3) is 0 Å². The number of nitrogens with one attached hydrogen (secondary N) is 1. The first-order chi connectivity index (χ1) is 6.93. The lowest BCUT2D eigenvalue weighted by atomic mass is 9.99. The summed E-state index contributed by atoms with van der Waals surface area (Å²) in [4.78, 5) is 12.2. The quantitative estimate of drug-likeness (QED) is 0.685. The van der Waals surface area contributed by atoms with Crippen molar-refractivity contribution in [2.24, 2.45) is 17.6 Å². The van der Waals surface area contributed by atoms with Crippen LogP contribution in [0.15, 0.2) is 0 Å². The van der Waals surface area contributed by atoms with Crippen molar-refractivity contribution >= 4 is 23.1 Å². The van der Waals surface area contributed by atoms with Crippen LogP contribution in [0.2, 0.25) is 0 Å². The summed E-state index contributed by atoms with van der Waals surface area (Å²) >= 11 is 4.93. The predicted molar refractivity (Wildman–Crippen MR) is 67.6 cm³/mol. The fraction of sp³-hybridized carbons (Fsp3) is 0.818. The maximum absolute atomic E-state index is 11.8. The summed E-state index contributed by atoms with van der Waals surface area (Å²) in [6.07, 6.45) is 1.70. The van der Waals surface area contributed by atoms with Crippen LogP contribution >= 0.6 is 12.2 Å². The van der Waals surface area contributed by atoms with E-state index in [0.29, 0.717) is 4.99 Å². The van der Waals surface area contributed by atoms with E-state index in [0.717, 1.165) is 12.8 Å². The number of hydrogen-bond acceptors (Lipinski definition) is 2. The Hall–Kier alpha value is -0.640. The molecule has 0 heterocycles. The highest BCUT2D eigenvalue weighted by Crippen LogP contribution is 2.09. The lowest BCUT2D eigenvalue weighted by molar-refractivity contribution is -0.125. The molecular weight excluding hydrogens is 208 g/mol. The molecule has 3 N–H and O–H groups in total. The first-order valence-electron chi connectivity index (χ1n) is 5.53. The maximum Gasteiger partial charge on any atom is 0.223 e. The number of carbonyl (C=O) groups excluding carboxylic acids is 1. The van der Waals surface area contributed by atoms with Crippen LogP contribution < -0.4 is 11.1 Å². The fourth-order valence-corrected chi connectivity index (χ4v) is 1.83. The molecule has 0 spiro atoms. The van der Waals surface area contributed by atoms with Crippen LogP contribution in [0.5, 0.6) is 0 Å². The monoisotopic (exact) mass is 230 g/mol. The van der Waals surface area contributed by atoms with Gasteiger partial charge in [0.1, 0.15) is 0 Å². The second-order valence-electron chi connectivity index (χ2n) is 4.15. The Kier molecular flexibility index (Phi) is 6.48. The summed E-state index contributed by atoms with van der Waals surface area (Å²) in [6, 6.07) is -0.187. The lowest BCUT2D eigenvalue weighted by Gasteiger charge is -2.23. The number of nitrogens with two attached hydrogens (primary N) is 1. The van der Waals surface area contributed by atoms with E-state index >= 15 is 0 Å². The van der Waals surface area contributed by atoms with Crippen molar-refractivity contribution in [3.8, 4) is 0 Å². The fourth-order valence-electron chi connectivity index (χ4n) is 1.50. The zero-order chi connectivity index (χ0) is 12.0. The van der Waals surface area contributed by atoms with Gasteiger partial charge in [0.15, 0.2) is 0 Å². The Bertz CT molecular complexity index is 225. The van der Waals surface area contributed by atoms with Gasteiger partial charge in [-0.15, -0.1) is 0 Å². The summed E-state index contributed by atoms with van der Waals surface area (Å²) in [7, 11) is 0. The largest absolute Gasteiger partial charge is 0.392 e. The number of amides is 1. The van der Waals surface area contributed by atoms with Gasteiger partial charge in [0, 0.05) is 5.92 Å². The molecule has 1 unspecified atom stereocenters. The third kappa shape index (κ3) is 4.60. The van der Waals surface area contributed by atoms with Gasteiger partial charge in [0.05, 0.1) is 11.0 Å². The number of carbonyl (C=O) groups is 1. The van der Waals surface area contributed by atoms with E-state index in [4.69, 9.17) is 18.0 Å². The molecule has 0 aliphatic rings. The third-order valence-corrected chi connectivity index (χ3v) is 2.88. The SMILES string of the molecule is CCC(CC)C(=O)NC(C(N)=S)C(C)C. The normalized spacial score (nSPS) is 12.9. The van der Waals surface area contributed by atoms with Crippen molar-refractivity contribution in [1.29, 1.82) is 0 Å². The van der Waals surface area contributed by atoms with Gasteiger partial charge in [0.25, 0.3) is 0 Å². The Morgan fingerprint density at radius 2 is 1.80 bits per heavy atom. The van der Waals surface area contributed by atoms with E-state index in [9.17, 15) is 4.79 Å². The van der Waals surface area contributed by atoms with Gasteiger partial charge in [0.2, 0.25) is 5.91 Å². The standard InChI is InChI=1S/C11H22N2OS/c1-5-8(6-2)11(14)13-9(7(3)4)10(12)15/h7-9H,5-6H2,1-4H3,(H2,12,15)(H,13,14). The van der Waals surface area contributed by atoms with Crippen molar-refractivity contribution in [3.05, 3.63) is 0 Å². The van der Waals surface area contributed by atoms with Gasteiger partial charge < -0.3 is 11.1 Å². The van der Waals surface area contributed by atoms with Crippen LogP contribution in [0.3, 0.4) is 0 Å². The zero-order valence-electron chi connectivity index (χ0n) is 10.0. The molecule has 1 amide bonds. The minimum absolute atomic E-state index is 0.0616. The minimum atomic E-state index is -0.187. The highest BCUT2D eigenvalue weighted by atomic mass is 32.1. The van der Waals surface area contributed by atoms with Crippen LogP contribution in [-0.2, 0) is 4.79 Å². The summed E-state index contributed by atoms with van der Waals surface area (Å²) < 4.78 is 0. The Morgan fingerprint density at radius 3 is 2.07 bits per heavy atom. The highest BCUT2D eigenvalue weighted by Gasteiger charge is 2.22. The van der Waals surface area contributed by atoms with Crippen molar-refractivity contribution in [3.63, 3.8) is 0 Å². The summed E-state index contributed by atoms with van der Waals surface area (Å²) in [5, 5.41) is 2.91. The Morgan fingerprint density at radius 1 is 1.33 bits per heavy atom. The molecule has 0 radical (unpaired) electrons. The van der Waals surface area contributed by atoms with Gasteiger partial charge in [-0.2, -0.15) is 0 Å². The second kappa shape index (κ2) is 6.77. The van der Waals surface area contributed by atoms with E-state index in [1.54, 1.807) is 0 Å². The molecule has 88 valence electrons. The molecule has 1 atom stereocenters. The number of thiocarbonyl (C=S) groups is 1. The maximum atomic E-state index is 11.8. The second-order valence-corrected chi connectivity index (χ2v) is 4.62. The molecule has 4 heteroatoms. The zero-order valence-corrected chi connectivity index (χ0v) is 10.9. The van der Waals surface area contributed by atoms with E-state index in [1.807, 2.05) is 27.7 Å². The molecule has 0 fully saturated rings. The topological polar surface area (TPSA) is 55.1 Å². The van der Waals surface area contributed by atoms with Crippen molar-refractivity contribution in [1.82, 2.24) is 5.32 Å². The summed E-state index contributed by atoms with van der Waals surface area (Å²) in [5.74, 6) is 0.368. The average molecular weight is 230 g/mol. The molecule has 0 saturated heterocycles. The molecular formula is C11H22N2OS. The lowest BCUT2D eigenvalue weighted by Crippen LogP contribution is -2.48. The summed E-state index contributed by atoms with van der Waals surface area (Å²) in [5.41, 5.74) is 5.59. The molecule has 0 aromatic carbocycles. The van der Waals surface area contributed by atoms with Crippen LogP contribution in [0, 0.1) is 11.8 Å². The molecule has 0 aliphatic carbocycles. The van der Waals surface area contributed by atoms with Crippen molar-refractivity contribution in [2.45, 2.75) is 46.6 Å². The molecule has 0 aromatic rings. The van der Waals surface area contributed by atoms with Gasteiger partial charge in [-0.05, 0) is 18.8 Å². The van der Waals surface area contributed by atoms with E-state index < -0.39 is 0 Å². The Balaban J connectivity index is 4.41. The van der Waals surface area contributed by atoms with Gasteiger partial charge in [-0.3, -0.25) is 4.79 Å². The predicted octanol–water partition coefficient (Wildman–Crippen LogP) is 1.85. The molecule has 0 aromatic heterocycles. The first kappa shape index (κ1) is 14.4. The van der Waals surface area contributed by atoms with E-state index in [-0.39, 0.29) is 23.8 Å². The van der Waals surface area contributed by atoms with Crippen molar-refractivity contribution < 1.29 is 4.79 Å². The smallest absolute Gasteiger partial charge is 0.223 e. The van der Waals surface area contributed by atoms with Crippen LogP contribution in [-0.4, -0.2) is 16.9 Å². The highest BCUT2D eigenvalue weighted by molar-refractivity contribution is 7.80. The van der Waals surface area contributed by atoms with Crippen LogP contribution in [0.1, 0.15) is 40.5 Å². The first-order valence-corrected chi connectivity index (χ1v) is 5.94. The van der Waals surface area contributed by atoms with Crippen molar-refractivity contribution in [2.75, 3.05) is 0 Å². The van der Waals surface area contributed by atoms with E-state index in [1.165, 1.54) is 0 Å². The minimum Gasteiger partial charge on any atom is -0.392 e. The molecule has 0 saturated carbocycles. The number of hydrogen-bond donors (Lipinski definition) is 2. The molecule has 0 rings (SSSR count). The summed E-state index contributed by atoms with van der Waals surface area (Å²) in [6.45, 7) is 8.02. The van der Waals surface area contributed by atoms with Gasteiger partial charge in [-0.1, -0.05) is 39.9 Å². The van der Waals surface area contributed by atoms with Gasteiger partial charge >= 0.3 is 0 Å². The molecule has 15 heavy (non-hydrogen) atoms. The molecule has 0 bridgehead atoms. The molecule has 0 aliphatic heterocycles. The average Bonchev–Trinajstić information content (AvgIpc) is 2.15. The Labute approximate surface area is 97.8 Å². The van der Waals surface area contributed by atoms with Gasteiger partial charge in [-0.25, -0.2) is 0 Å². The molecule has 3 nitrogen and oxygen atoms in total. The third-order valence-electron chi connectivity index (χ3n) is 2.63. The number of rotatable bonds is 6. The van der Waals surface area contributed by atoms with Crippen LogP contribution in [0.4, 0.5) is 0 Å². The van der Waals surface area contributed by atoms with E-state index in [2.05, 4.69) is 5.32 Å².